The molecule has 0 atom stereocenters. The number of hydrogen-bond donors (Lipinski definition) is 1. The fourth-order valence-electron chi connectivity index (χ4n) is 1.48. The van der Waals surface area contributed by atoms with Gasteiger partial charge in [-0.05, 0) is 24.6 Å². The Kier molecular flexibility index (Phi) is 6.62. The van der Waals surface area contributed by atoms with Crippen molar-refractivity contribution in [2.45, 2.75) is 13.3 Å². The fourth-order valence-corrected chi connectivity index (χ4v) is 1.48. The summed E-state index contributed by atoms with van der Waals surface area (Å²) in [6.07, 6.45) is 1.45. The minimum absolute atomic E-state index is 0.311. The number of amides is 1. The maximum Gasteiger partial charge on any atom is 0.427 e. The molecule has 106 valence electrons. The fraction of sp³-hybridized carbons (Fsp3) is 0.357. The highest BCUT2D eigenvalue weighted by molar-refractivity contribution is 5.81. The van der Waals surface area contributed by atoms with Crippen LogP contribution in [0.5, 0.6) is 0 Å². The lowest BCUT2D eigenvalue weighted by atomic mass is 10.2. The first-order valence-corrected chi connectivity index (χ1v) is 6.31. The average Bonchev–Trinajstić information content (AvgIpc) is 2.46. The van der Waals surface area contributed by atoms with Crippen molar-refractivity contribution in [3.63, 3.8) is 0 Å². The summed E-state index contributed by atoms with van der Waals surface area (Å²) in [5.74, 6) is 0. The first kappa shape index (κ1) is 15.5. The Balaban J connectivity index is 2.52. The first-order chi connectivity index (χ1) is 9.67. The van der Waals surface area contributed by atoms with Crippen LogP contribution in [0.1, 0.15) is 18.9 Å². The van der Waals surface area contributed by atoms with Crippen LogP contribution in [0.25, 0.3) is 0 Å². The zero-order chi connectivity index (χ0) is 14.8. The van der Waals surface area contributed by atoms with Crippen LogP contribution in [-0.2, 0) is 4.74 Å². The molecule has 0 radical (unpaired) electrons. The molecule has 0 fully saturated rings. The predicted molar refractivity (Wildman–Crippen MR) is 77.7 cm³/mol. The molecule has 1 aromatic rings. The quantitative estimate of drug-likeness (QED) is 0.636. The van der Waals surface area contributed by atoms with E-state index < -0.39 is 6.09 Å². The van der Waals surface area contributed by atoms with E-state index in [9.17, 15) is 4.79 Å². The summed E-state index contributed by atoms with van der Waals surface area (Å²) in [6.45, 7) is 2.73. The number of nitrogens with one attached hydrogen (secondary N) is 1. The van der Waals surface area contributed by atoms with Gasteiger partial charge in [-0.1, -0.05) is 12.1 Å². The van der Waals surface area contributed by atoms with Gasteiger partial charge in [0.05, 0.1) is 25.3 Å². The summed E-state index contributed by atoms with van der Waals surface area (Å²) in [5.41, 5.74) is 4.14. The number of carbonyl (C=O) groups excluding carboxylic acids is 1. The lowest BCUT2D eigenvalue weighted by Gasteiger charge is -2.17. The van der Waals surface area contributed by atoms with Crippen molar-refractivity contribution in [3.05, 3.63) is 29.8 Å². The number of nitrogens with zero attached hydrogens (tertiary/aromatic N) is 3. The molecule has 0 aliphatic rings. The normalized spacial score (nSPS) is 10.1. The van der Waals surface area contributed by atoms with Gasteiger partial charge in [-0.3, -0.25) is 0 Å². The van der Waals surface area contributed by atoms with Gasteiger partial charge >= 0.3 is 6.09 Å². The Hall–Kier alpha value is -2.55. The van der Waals surface area contributed by atoms with Gasteiger partial charge < -0.3 is 9.64 Å². The van der Waals surface area contributed by atoms with Crippen LogP contribution in [0, 0.1) is 11.3 Å². The molecule has 1 aromatic carbocycles. The zero-order valence-electron chi connectivity index (χ0n) is 11.7. The van der Waals surface area contributed by atoms with Crippen molar-refractivity contribution in [2.24, 2.45) is 5.10 Å². The van der Waals surface area contributed by atoms with E-state index in [-0.39, 0.29) is 0 Å². The molecule has 1 rings (SSSR count). The number of rotatable bonds is 6. The Morgan fingerprint density at radius 3 is 2.80 bits per heavy atom. The zero-order valence-corrected chi connectivity index (χ0v) is 11.7. The molecule has 0 aliphatic carbocycles. The van der Waals surface area contributed by atoms with Gasteiger partial charge in [-0.15, -0.1) is 0 Å². The lowest BCUT2D eigenvalue weighted by Crippen LogP contribution is -2.18. The maximum atomic E-state index is 11.0. The van der Waals surface area contributed by atoms with Gasteiger partial charge in [0.25, 0.3) is 0 Å². The highest BCUT2D eigenvalue weighted by Crippen LogP contribution is 2.13. The van der Waals surface area contributed by atoms with E-state index in [1.165, 1.54) is 6.21 Å². The van der Waals surface area contributed by atoms with Crippen LogP contribution in [0.15, 0.2) is 29.4 Å². The van der Waals surface area contributed by atoms with E-state index in [1.54, 1.807) is 6.92 Å². The molecule has 0 aliphatic heterocycles. The Bertz CT molecular complexity index is 491. The highest BCUT2D eigenvalue weighted by Gasteiger charge is 2.00. The van der Waals surface area contributed by atoms with Gasteiger partial charge in [0.15, 0.2) is 0 Å². The van der Waals surface area contributed by atoms with Crippen molar-refractivity contribution in [1.29, 1.82) is 5.26 Å². The molecule has 0 heterocycles. The van der Waals surface area contributed by atoms with E-state index in [4.69, 9.17) is 5.26 Å². The van der Waals surface area contributed by atoms with Crippen LogP contribution in [0.3, 0.4) is 0 Å². The van der Waals surface area contributed by atoms with E-state index in [1.807, 2.05) is 36.2 Å². The van der Waals surface area contributed by atoms with Gasteiger partial charge in [0, 0.05) is 19.3 Å². The number of ether oxygens (including phenoxy) is 1. The molecule has 0 saturated carbocycles. The van der Waals surface area contributed by atoms with E-state index in [0.717, 1.165) is 11.3 Å². The third kappa shape index (κ3) is 5.40. The Morgan fingerprint density at radius 1 is 1.50 bits per heavy atom. The summed E-state index contributed by atoms with van der Waals surface area (Å²) in [4.78, 5) is 13.0. The van der Waals surface area contributed by atoms with Crippen LogP contribution < -0.4 is 10.3 Å². The smallest absolute Gasteiger partial charge is 0.427 e. The van der Waals surface area contributed by atoms with E-state index in [0.29, 0.717) is 19.6 Å². The van der Waals surface area contributed by atoms with Gasteiger partial charge in [0.2, 0.25) is 0 Å². The Labute approximate surface area is 118 Å². The second-order valence-corrected chi connectivity index (χ2v) is 4.01. The van der Waals surface area contributed by atoms with Crippen molar-refractivity contribution in [2.75, 3.05) is 25.1 Å². The standard InChI is InChI=1S/C14H18N4O2/c1-3-20-14(19)17-16-11-12-5-7-13(8-6-12)18(2)10-4-9-15/h5-8,11H,3-4,10H2,1-2H3,(H,17,19). The van der Waals surface area contributed by atoms with Gasteiger partial charge in [-0.2, -0.15) is 10.4 Å². The van der Waals surface area contributed by atoms with Crippen LogP contribution in [-0.4, -0.2) is 32.5 Å². The summed E-state index contributed by atoms with van der Waals surface area (Å²) >= 11 is 0. The maximum absolute atomic E-state index is 11.0. The third-order valence-corrected chi connectivity index (χ3v) is 2.54. The highest BCUT2D eigenvalue weighted by atomic mass is 16.5. The largest absolute Gasteiger partial charge is 0.449 e. The summed E-state index contributed by atoms with van der Waals surface area (Å²) in [6, 6.07) is 9.75. The van der Waals surface area contributed by atoms with Crippen LogP contribution >= 0.6 is 0 Å². The van der Waals surface area contributed by atoms with Crippen molar-refractivity contribution in [1.82, 2.24) is 5.43 Å². The summed E-state index contributed by atoms with van der Waals surface area (Å²) < 4.78 is 4.67. The molecule has 1 N–H and O–H groups in total. The average molecular weight is 274 g/mol. The minimum atomic E-state index is -0.573. The van der Waals surface area contributed by atoms with Gasteiger partial charge in [0.1, 0.15) is 0 Å². The van der Waals surface area contributed by atoms with Crippen molar-refractivity contribution < 1.29 is 9.53 Å². The number of benzene rings is 1. The molecular formula is C14H18N4O2. The summed E-state index contributed by atoms with van der Waals surface area (Å²) in [7, 11) is 1.93. The van der Waals surface area contributed by atoms with Gasteiger partial charge in [-0.25, -0.2) is 10.2 Å². The van der Waals surface area contributed by atoms with Crippen LogP contribution in [0.4, 0.5) is 10.5 Å². The summed E-state index contributed by atoms with van der Waals surface area (Å²) in [5, 5.41) is 12.3. The van der Waals surface area contributed by atoms with E-state index in [2.05, 4.69) is 21.3 Å². The second kappa shape index (κ2) is 8.53. The number of nitriles is 1. The van der Waals surface area contributed by atoms with Crippen LogP contribution in [0.2, 0.25) is 0 Å². The molecule has 0 spiro atoms. The second-order valence-electron chi connectivity index (χ2n) is 4.01. The number of hydrazone groups is 1. The lowest BCUT2D eigenvalue weighted by molar-refractivity contribution is 0.152. The minimum Gasteiger partial charge on any atom is -0.449 e. The molecule has 1 amide bonds. The number of anilines is 1. The topological polar surface area (TPSA) is 77.7 Å². The molecule has 0 bridgehead atoms. The monoisotopic (exact) mass is 274 g/mol. The Morgan fingerprint density at radius 2 is 2.20 bits per heavy atom. The first-order valence-electron chi connectivity index (χ1n) is 6.31. The van der Waals surface area contributed by atoms with E-state index >= 15 is 0 Å². The number of carbonyl (C=O) groups is 1. The molecule has 0 saturated heterocycles. The number of hydrogen-bond acceptors (Lipinski definition) is 5. The molecule has 0 aromatic heterocycles. The molecular weight excluding hydrogens is 256 g/mol. The molecule has 6 heteroatoms. The van der Waals surface area contributed by atoms with Crippen molar-refractivity contribution in [3.8, 4) is 6.07 Å². The molecule has 0 unspecified atom stereocenters. The predicted octanol–water partition coefficient (Wildman–Crippen LogP) is 2.12. The molecule has 20 heavy (non-hydrogen) atoms. The molecule has 6 nitrogen and oxygen atoms in total. The van der Waals surface area contributed by atoms with Crippen molar-refractivity contribution >= 4 is 18.0 Å². The SMILES string of the molecule is CCOC(=O)NN=Cc1ccc(N(C)CCC#N)cc1. The third-order valence-electron chi connectivity index (χ3n) is 2.54.